The Morgan fingerprint density at radius 3 is 2.85 bits per heavy atom. The molecule has 70 valence electrons. The Hall–Kier alpha value is -0.480. The second-order valence-electron chi connectivity index (χ2n) is 2.23. The summed E-state index contributed by atoms with van der Waals surface area (Å²) in [6.07, 6.45) is 0. The van der Waals surface area contributed by atoms with Crippen LogP contribution in [0.3, 0.4) is 0 Å². The van der Waals surface area contributed by atoms with Crippen molar-refractivity contribution in [1.82, 2.24) is 0 Å². The minimum Gasteiger partial charge on any atom is -0.558 e. The van der Waals surface area contributed by atoms with Gasteiger partial charge in [-0.3, -0.25) is 4.52 Å². The first-order valence-corrected chi connectivity index (χ1v) is 5.24. The Morgan fingerprint density at radius 1 is 1.62 bits per heavy atom. The van der Waals surface area contributed by atoms with Crippen molar-refractivity contribution >= 4 is 24.2 Å². The second-order valence-corrected chi connectivity index (χ2v) is 3.77. The van der Waals surface area contributed by atoms with Crippen LogP contribution in [-0.2, 0) is 11.2 Å². The van der Waals surface area contributed by atoms with Crippen molar-refractivity contribution in [1.29, 1.82) is 0 Å². The number of rotatable bonds is 3. The molecular weight excluding hydrogens is 259 g/mol. The van der Waals surface area contributed by atoms with E-state index < -0.39 is 8.25 Å². The molecule has 0 fully saturated rings. The fourth-order valence-electron chi connectivity index (χ4n) is 0.841. The quantitative estimate of drug-likeness (QED) is 0.837. The van der Waals surface area contributed by atoms with Crippen molar-refractivity contribution in [2.45, 2.75) is 6.61 Å². The van der Waals surface area contributed by atoms with E-state index in [1.807, 2.05) is 0 Å². The van der Waals surface area contributed by atoms with Gasteiger partial charge in [-0.2, -0.15) is 0 Å². The standard InChI is InChI=1S/C7H6BrO4P/c8-6-1-2-7(12-13(10)11)5(3-6)4-9/h1-3,9H,4H2. The molecule has 0 saturated heterocycles. The van der Waals surface area contributed by atoms with Gasteiger partial charge in [0, 0.05) is 10.0 Å². The minimum absolute atomic E-state index is 0.154. The zero-order valence-corrected chi connectivity index (χ0v) is 8.92. The van der Waals surface area contributed by atoms with E-state index in [2.05, 4.69) is 20.5 Å². The third kappa shape index (κ3) is 3.04. The Bertz CT molecular complexity index is 328. The summed E-state index contributed by atoms with van der Waals surface area (Å²) < 4.78 is 15.5. The molecule has 4 nitrogen and oxygen atoms in total. The summed E-state index contributed by atoms with van der Waals surface area (Å²) in [4.78, 5) is 10.2. The molecular formula is C7H6BrO4P. The summed E-state index contributed by atoms with van der Waals surface area (Å²) in [5.74, 6) is 0.154. The van der Waals surface area contributed by atoms with Gasteiger partial charge in [-0.05, 0) is 22.8 Å². The van der Waals surface area contributed by atoms with Crippen LogP contribution in [0.2, 0.25) is 0 Å². The van der Waals surface area contributed by atoms with E-state index >= 15 is 0 Å². The van der Waals surface area contributed by atoms with Crippen LogP contribution in [0.5, 0.6) is 5.75 Å². The van der Waals surface area contributed by atoms with Crippen molar-refractivity contribution < 1.29 is 19.1 Å². The average Bonchev–Trinajstić information content (AvgIpc) is 2.07. The Labute approximate surface area is 84.2 Å². The molecule has 0 aromatic heterocycles. The Morgan fingerprint density at radius 2 is 2.31 bits per heavy atom. The van der Waals surface area contributed by atoms with Gasteiger partial charge in [-0.15, -0.1) is 0 Å². The topological polar surface area (TPSA) is 69.6 Å². The van der Waals surface area contributed by atoms with Gasteiger partial charge in [0.25, 0.3) is 0 Å². The summed E-state index contributed by atoms with van der Waals surface area (Å²) in [7, 11) is -2.93. The maximum absolute atomic E-state index is 10.2. The predicted octanol–water partition coefficient (Wildman–Crippen LogP) is 1.34. The number of benzene rings is 1. The van der Waals surface area contributed by atoms with Gasteiger partial charge in [0.1, 0.15) is 0 Å². The average molecular weight is 265 g/mol. The van der Waals surface area contributed by atoms with Crippen molar-refractivity contribution in [2.75, 3.05) is 0 Å². The molecule has 1 aromatic carbocycles. The van der Waals surface area contributed by atoms with Crippen molar-refractivity contribution in [3.8, 4) is 5.75 Å². The zero-order valence-electron chi connectivity index (χ0n) is 6.44. The molecule has 1 N–H and O–H groups in total. The van der Waals surface area contributed by atoms with Crippen molar-refractivity contribution in [3.63, 3.8) is 0 Å². The molecule has 6 heteroatoms. The lowest BCUT2D eigenvalue weighted by molar-refractivity contribution is -0.178. The monoisotopic (exact) mass is 264 g/mol. The molecule has 0 radical (unpaired) electrons. The van der Waals surface area contributed by atoms with Crippen molar-refractivity contribution in [2.24, 2.45) is 0 Å². The van der Waals surface area contributed by atoms with Crippen LogP contribution in [0.15, 0.2) is 22.7 Å². The maximum atomic E-state index is 10.2. The highest BCUT2D eigenvalue weighted by atomic mass is 79.9. The molecule has 0 aliphatic rings. The molecule has 0 aliphatic carbocycles. The SMILES string of the molecule is O=[P+]([O-])Oc1ccc(Br)cc1CO. The van der Waals surface area contributed by atoms with E-state index in [0.717, 1.165) is 4.47 Å². The van der Waals surface area contributed by atoms with Gasteiger partial charge in [0.15, 0.2) is 5.75 Å². The predicted molar refractivity (Wildman–Crippen MR) is 48.3 cm³/mol. The number of aliphatic hydroxyl groups excluding tert-OH is 1. The summed E-state index contributed by atoms with van der Waals surface area (Å²) in [6.45, 7) is -0.266. The highest BCUT2D eigenvalue weighted by Crippen LogP contribution is 2.27. The number of aliphatic hydroxyl groups is 1. The molecule has 1 atom stereocenters. The molecule has 0 bridgehead atoms. The number of halogens is 1. The summed E-state index contributed by atoms with van der Waals surface area (Å²) in [5, 5.41) is 8.86. The summed E-state index contributed by atoms with van der Waals surface area (Å²) in [6, 6.07) is 4.70. The van der Waals surface area contributed by atoms with Crippen LogP contribution >= 0.6 is 24.2 Å². The van der Waals surface area contributed by atoms with Crippen LogP contribution < -0.4 is 9.42 Å². The smallest absolute Gasteiger partial charge is 0.539 e. The highest BCUT2D eigenvalue weighted by Gasteiger charge is 2.10. The molecule has 0 spiro atoms. The third-order valence-corrected chi connectivity index (χ3v) is 2.20. The van der Waals surface area contributed by atoms with Crippen molar-refractivity contribution in [3.05, 3.63) is 28.2 Å². The van der Waals surface area contributed by atoms with Gasteiger partial charge < -0.3 is 10.00 Å². The van der Waals surface area contributed by atoms with E-state index in [0.29, 0.717) is 5.56 Å². The minimum atomic E-state index is -2.93. The molecule has 0 saturated carbocycles. The number of hydrogen-bond donors (Lipinski definition) is 1. The van der Waals surface area contributed by atoms with E-state index in [-0.39, 0.29) is 12.4 Å². The molecule has 1 unspecified atom stereocenters. The van der Waals surface area contributed by atoms with Gasteiger partial charge in [0.2, 0.25) is 0 Å². The van der Waals surface area contributed by atoms with E-state index in [1.54, 1.807) is 12.1 Å². The van der Waals surface area contributed by atoms with Gasteiger partial charge >= 0.3 is 8.25 Å². The summed E-state index contributed by atoms with van der Waals surface area (Å²) in [5.41, 5.74) is 0.425. The first kappa shape index (κ1) is 10.6. The first-order chi connectivity index (χ1) is 6.13. The van der Waals surface area contributed by atoms with Crippen LogP contribution in [-0.4, -0.2) is 5.11 Å². The van der Waals surface area contributed by atoms with Gasteiger partial charge in [-0.1, -0.05) is 15.9 Å². The molecule has 0 aliphatic heterocycles. The van der Waals surface area contributed by atoms with Crippen LogP contribution in [0.25, 0.3) is 0 Å². The lowest BCUT2D eigenvalue weighted by Gasteiger charge is -2.01. The molecule has 1 rings (SSSR count). The van der Waals surface area contributed by atoms with Crippen LogP contribution in [0, 0.1) is 0 Å². The first-order valence-electron chi connectivity index (χ1n) is 3.35. The molecule has 13 heavy (non-hydrogen) atoms. The Kier molecular flexibility index (Phi) is 3.81. The lowest BCUT2D eigenvalue weighted by atomic mass is 10.2. The fraction of sp³-hybridized carbons (Fsp3) is 0.143. The van der Waals surface area contributed by atoms with Gasteiger partial charge in [-0.25, -0.2) is 0 Å². The third-order valence-electron chi connectivity index (χ3n) is 1.37. The fourth-order valence-corrected chi connectivity index (χ4v) is 1.59. The van der Waals surface area contributed by atoms with E-state index in [9.17, 15) is 9.46 Å². The highest BCUT2D eigenvalue weighted by molar-refractivity contribution is 9.10. The largest absolute Gasteiger partial charge is 0.558 e. The Balaban J connectivity index is 2.99. The molecule has 0 amide bonds. The van der Waals surface area contributed by atoms with E-state index in [1.165, 1.54) is 6.07 Å². The van der Waals surface area contributed by atoms with Gasteiger partial charge in [0.05, 0.1) is 6.61 Å². The second kappa shape index (κ2) is 4.67. The summed E-state index contributed by atoms with van der Waals surface area (Å²) >= 11 is 3.19. The zero-order chi connectivity index (χ0) is 9.84. The van der Waals surface area contributed by atoms with Crippen LogP contribution in [0.4, 0.5) is 0 Å². The molecule has 0 heterocycles. The molecule has 1 aromatic rings. The maximum Gasteiger partial charge on any atom is 0.539 e. The normalized spacial score (nSPS) is 11.2. The lowest BCUT2D eigenvalue weighted by Crippen LogP contribution is -1.96. The van der Waals surface area contributed by atoms with E-state index in [4.69, 9.17) is 5.11 Å². The van der Waals surface area contributed by atoms with Crippen LogP contribution in [0.1, 0.15) is 5.56 Å². The number of hydrogen-bond acceptors (Lipinski definition) is 4.